The summed E-state index contributed by atoms with van der Waals surface area (Å²) in [7, 11) is 0. The van der Waals surface area contributed by atoms with Crippen LogP contribution in [0.1, 0.15) is 64.2 Å². The zero-order valence-electron chi connectivity index (χ0n) is 12.1. The quantitative estimate of drug-likeness (QED) is 0.567. The van der Waals surface area contributed by atoms with E-state index in [-0.39, 0.29) is 5.92 Å². The van der Waals surface area contributed by atoms with Crippen LogP contribution in [0.2, 0.25) is 0 Å². The van der Waals surface area contributed by atoms with Gasteiger partial charge in [0.05, 0.1) is 0 Å². The van der Waals surface area contributed by atoms with Gasteiger partial charge in [-0.25, -0.2) is 9.59 Å². The molecule has 2 aliphatic carbocycles. The molecule has 2 rings (SSSR count). The zero-order valence-corrected chi connectivity index (χ0v) is 12.1. The average Bonchev–Trinajstić information content (AvgIpc) is 2.49. The molecule has 4 heteroatoms. The van der Waals surface area contributed by atoms with Gasteiger partial charge < -0.3 is 0 Å². The lowest BCUT2D eigenvalue weighted by molar-refractivity contribution is 0.198. The normalized spacial score (nSPS) is 29.0. The molecule has 0 saturated heterocycles. The van der Waals surface area contributed by atoms with Crippen LogP contribution in [-0.2, 0) is 9.59 Å². The first kappa shape index (κ1) is 15.2. The molecule has 0 heterocycles. The van der Waals surface area contributed by atoms with E-state index in [9.17, 15) is 9.59 Å². The fourth-order valence-corrected chi connectivity index (χ4v) is 3.96. The summed E-state index contributed by atoms with van der Waals surface area (Å²) in [6.45, 7) is 0. The predicted molar refractivity (Wildman–Crippen MR) is 76.7 cm³/mol. The van der Waals surface area contributed by atoms with Gasteiger partial charge in [0.25, 0.3) is 0 Å². The summed E-state index contributed by atoms with van der Waals surface area (Å²) >= 11 is 0. The molecule has 0 aromatic heterocycles. The van der Waals surface area contributed by atoms with Crippen LogP contribution in [0, 0.1) is 17.8 Å². The monoisotopic (exact) mass is 276 g/mol. The van der Waals surface area contributed by atoms with E-state index < -0.39 is 6.17 Å². The van der Waals surface area contributed by atoms with Crippen molar-refractivity contribution in [2.45, 2.75) is 70.4 Å². The molecule has 2 saturated carbocycles. The molecule has 0 bridgehead atoms. The molecule has 2 aliphatic rings. The van der Waals surface area contributed by atoms with Crippen molar-refractivity contribution < 1.29 is 9.59 Å². The molecule has 0 radical (unpaired) electrons. The van der Waals surface area contributed by atoms with Crippen molar-refractivity contribution in [3.05, 3.63) is 0 Å². The van der Waals surface area contributed by atoms with Gasteiger partial charge in [0.1, 0.15) is 0 Å². The van der Waals surface area contributed by atoms with Crippen LogP contribution >= 0.6 is 0 Å². The predicted octanol–water partition coefficient (Wildman–Crippen LogP) is 3.76. The van der Waals surface area contributed by atoms with Gasteiger partial charge >= 0.3 is 0 Å². The van der Waals surface area contributed by atoms with Crippen LogP contribution in [0.15, 0.2) is 9.98 Å². The summed E-state index contributed by atoms with van der Waals surface area (Å²) in [5.41, 5.74) is 0. The SMILES string of the molecule is O=C=NC(N=C=O)C1CCC(CC2CCCCC2)CC1. The highest BCUT2D eigenvalue weighted by Gasteiger charge is 2.29. The smallest absolute Gasteiger partial charge is 0.211 e. The number of hydrogen-bond acceptors (Lipinski definition) is 4. The van der Waals surface area contributed by atoms with Crippen LogP contribution in [0.3, 0.4) is 0 Å². The number of aliphatic imine (C=N–C) groups is 2. The fourth-order valence-electron chi connectivity index (χ4n) is 3.96. The summed E-state index contributed by atoms with van der Waals surface area (Å²) < 4.78 is 0. The summed E-state index contributed by atoms with van der Waals surface area (Å²) in [5.74, 6) is 1.97. The number of isocyanates is 2. The van der Waals surface area contributed by atoms with Crippen molar-refractivity contribution in [3.63, 3.8) is 0 Å². The summed E-state index contributed by atoms with van der Waals surface area (Å²) in [4.78, 5) is 28.0. The van der Waals surface area contributed by atoms with Crippen LogP contribution in [-0.4, -0.2) is 18.3 Å². The molecule has 0 aliphatic heterocycles. The lowest BCUT2D eigenvalue weighted by Crippen LogP contribution is -2.24. The van der Waals surface area contributed by atoms with Crippen molar-refractivity contribution in [2.24, 2.45) is 27.7 Å². The van der Waals surface area contributed by atoms with Gasteiger partial charge in [-0.05, 0) is 31.1 Å². The molecular weight excluding hydrogens is 252 g/mol. The van der Waals surface area contributed by atoms with Crippen molar-refractivity contribution in [3.8, 4) is 0 Å². The van der Waals surface area contributed by atoms with E-state index in [1.165, 1.54) is 63.5 Å². The van der Waals surface area contributed by atoms with Crippen LogP contribution < -0.4 is 0 Å². The highest BCUT2D eigenvalue weighted by atomic mass is 16.1. The van der Waals surface area contributed by atoms with E-state index in [0.717, 1.165) is 24.7 Å². The third kappa shape index (κ3) is 4.40. The minimum absolute atomic E-state index is 0.223. The van der Waals surface area contributed by atoms with Crippen molar-refractivity contribution in [1.29, 1.82) is 0 Å². The molecule has 0 unspecified atom stereocenters. The van der Waals surface area contributed by atoms with E-state index >= 15 is 0 Å². The lowest BCUT2D eigenvalue weighted by atomic mass is 9.74. The molecule has 0 amide bonds. The third-order valence-electron chi connectivity index (χ3n) is 5.07. The Bertz CT molecular complexity index is 365. The maximum atomic E-state index is 10.4. The standard InChI is InChI=1S/C16H24N2O2/c19-11-17-16(18-12-20)15-8-6-14(7-9-15)10-13-4-2-1-3-5-13/h13-16H,1-10H2. The van der Waals surface area contributed by atoms with Gasteiger partial charge in [-0.2, -0.15) is 9.98 Å². The lowest BCUT2D eigenvalue weighted by Gasteiger charge is -2.32. The molecule has 20 heavy (non-hydrogen) atoms. The molecule has 0 aromatic carbocycles. The Hall–Kier alpha value is -1.24. The number of hydrogen-bond donors (Lipinski definition) is 0. The van der Waals surface area contributed by atoms with Crippen LogP contribution in [0.5, 0.6) is 0 Å². The zero-order chi connectivity index (χ0) is 14.2. The minimum Gasteiger partial charge on any atom is -0.211 e. The van der Waals surface area contributed by atoms with Crippen LogP contribution in [0.4, 0.5) is 0 Å². The average molecular weight is 276 g/mol. The second-order valence-electron chi connectivity index (χ2n) is 6.37. The maximum Gasteiger partial charge on any atom is 0.237 e. The molecule has 110 valence electrons. The Morgan fingerprint density at radius 2 is 1.35 bits per heavy atom. The van der Waals surface area contributed by atoms with E-state index in [0.29, 0.717) is 0 Å². The van der Waals surface area contributed by atoms with E-state index in [1.807, 2.05) is 0 Å². The van der Waals surface area contributed by atoms with Gasteiger partial charge in [-0.15, -0.1) is 0 Å². The first-order valence-electron chi connectivity index (χ1n) is 7.97. The number of nitrogens with zero attached hydrogens (tertiary/aromatic N) is 2. The molecule has 0 atom stereocenters. The van der Waals surface area contributed by atoms with Gasteiger partial charge in [-0.1, -0.05) is 44.9 Å². The maximum absolute atomic E-state index is 10.4. The Balaban J connectivity index is 1.78. The molecule has 2 fully saturated rings. The van der Waals surface area contributed by atoms with Crippen molar-refractivity contribution in [1.82, 2.24) is 0 Å². The van der Waals surface area contributed by atoms with Crippen molar-refractivity contribution in [2.75, 3.05) is 0 Å². The van der Waals surface area contributed by atoms with Gasteiger partial charge in [0.15, 0.2) is 6.17 Å². The first-order valence-corrected chi connectivity index (χ1v) is 7.97. The largest absolute Gasteiger partial charge is 0.237 e. The number of rotatable bonds is 5. The molecular formula is C16H24N2O2. The van der Waals surface area contributed by atoms with Crippen molar-refractivity contribution >= 4 is 12.2 Å². The van der Waals surface area contributed by atoms with E-state index in [2.05, 4.69) is 9.98 Å². The summed E-state index contributed by atoms with van der Waals surface area (Å²) in [5, 5.41) is 0. The molecule has 4 nitrogen and oxygen atoms in total. The summed E-state index contributed by atoms with van der Waals surface area (Å²) in [6.07, 6.45) is 15.3. The highest BCUT2D eigenvalue weighted by Crippen LogP contribution is 2.38. The molecule has 0 N–H and O–H groups in total. The van der Waals surface area contributed by atoms with Gasteiger partial charge in [-0.3, -0.25) is 0 Å². The Morgan fingerprint density at radius 1 is 0.800 bits per heavy atom. The third-order valence-corrected chi connectivity index (χ3v) is 5.07. The van der Waals surface area contributed by atoms with E-state index in [4.69, 9.17) is 0 Å². The molecule has 0 spiro atoms. The fraction of sp³-hybridized carbons (Fsp3) is 0.875. The Kier molecular flexibility index (Phi) is 6.17. The second-order valence-corrected chi connectivity index (χ2v) is 6.37. The molecule has 0 aromatic rings. The Labute approximate surface area is 120 Å². The van der Waals surface area contributed by atoms with Gasteiger partial charge in [0, 0.05) is 5.92 Å². The highest BCUT2D eigenvalue weighted by molar-refractivity contribution is 5.37. The topological polar surface area (TPSA) is 58.9 Å². The first-order chi connectivity index (χ1) is 9.83. The summed E-state index contributed by atoms with van der Waals surface area (Å²) in [6, 6.07) is 0. The Morgan fingerprint density at radius 3 is 1.90 bits per heavy atom. The van der Waals surface area contributed by atoms with Gasteiger partial charge in [0.2, 0.25) is 12.2 Å². The van der Waals surface area contributed by atoms with Crippen LogP contribution in [0.25, 0.3) is 0 Å². The second kappa shape index (κ2) is 8.14. The minimum atomic E-state index is -0.541. The number of carbonyl (C=O) groups excluding carboxylic acids is 2. The van der Waals surface area contributed by atoms with E-state index in [1.54, 1.807) is 0 Å².